The van der Waals surface area contributed by atoms with E-state index in [-0.39, 0.29) is 29.3 Å². The second-order valence-corrected chi connectivity index (χ2v) is 11.7. The summed E-state index contributed by atoms with van der Waals surface area (Å²) in [6, 6.07) is 0. The number of allylic oxidation sites excluding steroid dienone is 2. The highest BCUT2D eigenvalue weighted by atomic mass is 16.5. The Morgan fingerprint density at radius 2 is 1.83 bits per heavy atom. The molecule has 8 unspecified atom stereocenters. The van der Waals surface area contributed by atoms with Crippen molar-refractivity contribution < 1.29 is 33.7 Å². The Hall–Kier alpha value is -2.15. The number of hydrogen-bond donors (Lipinski definition) is 1. The summed E-state index contributed by atoms with van der Waals surface area (Å²) in [6.07, 6.45) is 11.7. The van der Waals surface area contributed by atoms with Crippen LogP contribution < -0.4 is 0 Å². The number of aldehydes is 1. The van der Waals surface area contributed by atoms with E-state index in [0.29, 0.717) is 24.7 Å². The van der Waals surface area contributed by atoms with Crippen molar-refractivity contribution in [2.75, 3.05) is 7.11 Å². The SMILES string of the molecule is CO/C=C(\C=C/C=O)C1C(OC(C)=O)CC2(O)[C@@H]3CCC4CC(OC=O)CCC4(C)C3CCC12C. The van der Waals surface area contributed by atoms with Gasteiger partial charge in [-0.05, 0) is 79.8 Å². The van der Waals surface area contributed by atoms with Crippen molar-refractivity contribution in [3.8, 4) is 0 Å². The predicted molar refractivity (Wildman–Crippen MR) is 129 cm³/mol. The average molecular weight is 489 g/mol. The average Bonchev–Trinajstić information content (AvgIpc) is 3.03. The van der Waals surface area contributed by atoms with Crippen LogP contribution in [-0.2, 0) is 28.6 Å². The van der Waals surface area contributed by atoms with Crippen LogP contribution in [0.25, 0.3) is 0 Å². The van der Waals surface area contributed by atoms with Crippen LogP contribution in [0.2, 0.25) is 0 Å². The van der Waals surface area contributed by atoms with E-state index in [4.69, 9.17) is 14.2 Å². The number of esters is 1. The van der Waals surface area contributed by atoms with Crippen molar-refractivity contribution in [3.05, 3.63) is 24.0 Å². The molecule has 9 atom stereocenters. The smallest absolute Gasteiger partial charge is 0.302 e. The van der Waals surface area contributed by atoms with Gasteiger partial charge in [0, 0.05) is 24.7 Å². The van der Waals surface area contributed by atoms with Crippen molar-refractivity contribution in [1.29, 1.82) is 0 Å². The van der Waals surface area contributed by atoms with Crippen LogP contribution in [0.1, 0.15) is 72.1 Å². The van der Waals surface area contributed by atoms with Crippen molar-refractivity contribution in [2.45, 2.75) is 89.9 Å². The maximum absolute atomic E-state index is 12.6. The number of carbonyl (C=O) groups excluding carboxylic acids is 3. The van der Waals surface area contributed by atoms with Crippen LogP contribution in [0.5, 0.6) is 0 Å². The fourth-order valence-electron chi connectivity index (χ4n) is 8.81. The van der Waals surface area contributed by atoms with Gasteiger partial charge in [0.15, 0.2) is 0 Å². The molecule has 1 N–H and O–H groups in total. The number of aliphatic hydroxyl groups is 1. The Bertz CT molecular complexity index is 896. The van der Waals surface area contributed by atoms with Gasteiger partial charge in [0.1, 0.15) is 18.5 Å². The third kappa shape index (κ3) is 4.13. The molecule has 0 spiro atoms. The standard InChI is InChI=1S/C28H40O7/c1-18(31)35-24-15-28(32)23-8-7-20-14-21(34-17-30)9-11-26(20,2)22(23)10-12-27(28,3)25(24)19(16-33-4)6-5-13-29/h5-6,13,16-17,20-25,32H,7-12,14-15H2,1-4H3/b6-5-,19-16+/t20?,21?,22?,23-,24?,25?,26?,27?,28?/m1/s1. The quantitative estimate of drug-likeness (QED) is 0.189. The molecule has 0 aromatic heterocycles. The minimum atomic E-state index is -1.01. The first-order chi connectivity index (χ1) is 16.6. The summed E-state index contributed by atoms with van der Waals surface area (Å²) in [7, 11) is 1.56. The summed E-state index contributed by atoms with van der Waals surface area (Å²) in [5, 5.41) is 12.6. The van der Waals surface area contributed by atoms with Gasteiger partial charge >= 0.3 is 5.97 Å². The molecule has 0 aromatic rings. The number of carbonyl (C=O) groups is 3. The number of fused-ring (bicyclic) bond motifs is 5. The third-order valence-corrected chi connectivity index (χ3v) is 10.3. The molecule has 4 saturated carbocycles. The molecule has 4 aliphatic rings. The fourth-order valence-corrected chi connectivity index (χ4v) is 8.81. The normalized spacial score (nSPS) is 45.1. The second-order valence-electron chi connectivity index (χ2n) is 11.7. The Kier molecular flexibility index (Phi) is 7.20. The summed E-state index contributed by atoms with van der Waals surface area (Å²) in [6.45, 7) is 6.47. The molecule has 4 aliphatic carbocycles. The molecule has 0 amide bonds. The minimum absolute atomic E-state index is 0.00498. The van der Waals surface area contributed by atoms with Gasteiger partial charge < -0.3 is 19.3 Å². The molecule has 0 saturated heterocycles. The van der Waals surface area contributed by atoms with Gasteiger partial charge in [-0.2, -0.15) is 0 Å². The van der Waals surface area contributed by atoms with E-state index in [1.165, 1.54) is 13.0 Å². The molecule has 0 aromatic carbocycles. The molecule has 194 valence electrons. The highest BCUT2D eigenvalue weighted by Gasteiger charge is 2.70. The van der Waals surface area contributed by atoms with Gasteiger partial charge in [-0.15, -0.1) is 0 Å². The van der Waals surface area contributed by atoms with Crippen LogP contribution in [0, 0.1) is 34.5 Å². The highest BCUT2D eigenvalue weighted by molar-refractivity contribution is 5.67. The Labute approximate surface area is 208 Å². The van der Waals surface area contributed by atoms with Crippen molar-refractivity contribution in [2.24, 2.45) is 34.5 Å². The zero-order chi connectivity index (χ0) is 25.4. The van der Waals surface area contributed by atoms with E-state index in [9.17, 15) is 19.5 Å². The molecular formula is C28H40O7. The molecule has 0 heterocycles. The fraction of sp³-hybridized carbons (Fsp3) is 0.750. The van der Waals surface area contributed by atoms with Crippen LogP contribution in [-0.4, -0.2) is 48.8 Å². The summed E-state index contributed by atoms with van der Waals surface area (Å²) in [5.74, 6) is 0.261. The first kappa shape index (κ1) is 25.9. The number of methoxy groups -OCH3 is 1. The van der Waals surface area contributed by atoms with Gasteiger partial charge in [-0.25, -0.2) is 0 Å². The molecular weight excluding hydrogens is 448 g/mol. The Balaban J connectivity index is 1.70. The van der Waals surface area contributed by atoms with E-state index >= 15 is 0 Å². The zero-order valence-electron chi connectivity index (χ0n) is 21.4. The number of ether oxygens (including phenoxy) is 3. The maximum Gasteiger partial charge on any atom is 0.302 e. The summed E-state index contributed by atoms with van der Waals surface area (Å²) in [4.78, 5) is 34.1. The molecule has 0 aliphatic heterocycles. The summed E-state index contributed by atoms with van der Waals surface area (Å²) in [5.41, 5.74) is -0.700. The lowest BCUT2D eigenvalue weighted by Gasteiger charge is -2.63. The largest absolute Gasteiger partial charge is 0.504 e. The van der Waals surface area contributed by atoms with E-state index in [2.05, 4.69) is 13.8 Å². The third-order valence-electron chi connectivity index (χ3n) is 10.3. The van der Waals surface area contributed by atoms with Gasteiger partial charge in [-0.1, -0.05) is 19.9 Å². The Morgan fingerprint density at radius 1 is 1.06 bits per heavy atom. The summed E-state index contributed by atoms with van der Waals surface area (Å²) >= 11 is 0. The topological polar surface area (TPSA) is 99.1 Å². The first-order valence-corrected chi connectivity index (χ1v) is 13.0. The van der Waals surface area contributed by atoms with E-state index in [0.717, 1.165) is 56.8 Å². The van der Waals surface area contributed by atoms with E-state index in [1.807, 2.05) is 0 Å². The molecule has 7 heteroatoms. The van der Waals surface area contributed by atoms with Crippen molar-refractivity contribution >= 4 is 18.7 Å². The van der Waals surface area contributed by atoms with Gasteiger partial charge in [0.05, 0.1) is 19.0 Å². The van der Waals surface area contributed by atoms with Crippen LogP contribution in [0.3, 0.4) is 0 Å². The molecule has 7 nitrogen and oxygen atoms in total. The molecule has 4 rings (SSSR count). The lowest BCUT2D eigenvalue weighted by molar-refractivity contribution is -0.209. The first-order valence-electron chi connectivity index (χ1n) is 13.0. The van der Waals surface area contributed by atoms with E-state index in [1.54, 1.807) is 19.4 Å². The van der Waals surface area contributed by atoms with Gasteiger partial charge in [0.2, 0.25) is 0 Å². The highest BCUT2D eigenvalue weighted by Crippen LogP contribution is 2.70. The molecule has 4 fully saturated rings. The van der Waals surface area contributed by atoms with Crippen molar-refractivity contribution in [1.82, 2.24) is 0 Å². The number of hydrogen-bond acceptors (Lipinski definition) is 7. The predicted octanol–water partition coefficient (Wildman–Crippen LogP) is 4.13. The van der Waals surface area contributed by atoms with Crippen LogP contribution in [0.4, 0.5) is 0 Å². The lowest BCUT2D eigenvalue weighted by atomic mass is 9.43. The molecule has 35 heavy (non-hydrogen) atoms. The monoisotopic (exact) mass is 488 g/mol. The summed E-state index contributed by atoms with van der Waals surface area (Å²) < 4.78 is 16.5. The lowest BCUT2D eigenvalue weighted by Crippen LogP contribution is -2.62. The van der Waals surface area contributed by atoms with Crippen LogP contribution >= 0.6 is 0 Å². The zero-order valence-corrected chi connectivity index (χ0v) is 21.4. The number of rotatable bonds is 7. The van der Waals surface area contributed by atoms with Crippen LogP contribution in [0.15, 0.2) is 24.0 Å². The maximum atomic E-state index is 12.6. The molecule has 0 bridgehead atoms. The van der Waals surface area contributed by atoms with Gasteiger partial charge in [0.25, 0.3) is 6.47 Å². The van der Waals surface area contributed by atoms with Gasteiger partial charge in [-0.3, -0.25) is 14.4 Å². The molecule has 0 radical (unpaired) electrons. The van der Waals surface area contributed by atoms with E-state index < -0.39 is 17.1 Å². The second kappa shape index (κ2) is 9.72. The van der Waals surface area contributed by atoms with Crippen molar-refractivity contribution in [3.63, 3.8) is 0 Å². The minimum Gasteiger partial charge on any atom is -0.504 e. The Morgan fingerprint density at radius 3 is 2.49 bits per heavy atom.